The molecule has 20 heavy (non-hydrogen) atoms. The number of aliphatic hydroxyl groups is 1. The number of ether oxygens (including phenoxy) is 1. The lowest BCUT2D eigenvalue weighted by molar-refractivity contribution is 0.190. The summed E-state index contributed by atoms with van der Waals surface area (Å²) >= 11 is 15.3. The fourth-order valence-electron chi connectivity index (χ4n) is 1.77. The number of halogens is 3. The molecule has 0 aromatic heterocycles. The van der Waals surface area contributed by atoms with Crippen molar-refractivity contribution >= 4 is 39.1 Å². The van der Waals surface area contributed by atoms with Crippen LogP contribution < -0.4 is 4.74 Å². The quantitative estimate of drug-likeness (QED) is 0.776. The molecule has 0 spiro atoms. The number of aliphatic hydroxyl groups excluding tert-OH is 1. The molecule has 106 valence electrons. The van der Waals surface area contributed by atoms with Crippen molar-refractivity contribution in [2.45, 2.75) is 19.6 Å². The van der Waals surface area contributed by atoms with Crippen LogP contribution in [0.15, 0.2) is 40.9 Å². The summed E-state index contributed by atoms with van der Waals surface area (Å²) < 4.78 is 6.65. The van der Waals surface area contributed by atoms with Gasteiger partial charge in [-0.05, 0) is 37.3 Å². The highest BCUT2D eigenvalue weighted by molar-refractivity contribution is 9.10. The lowest BCUT2D eigenvalue weighted by atomic mass is 10.1. The SMILES string of the molecule is C[C@H](O)c1cc(Br)ccc1OCc1ccc(Cl)cc1Cl. The van der Waals surface area contributed by atoms with Crippen LogP contribution in [-0.2, 0) is 6.61 Å². The molecule has 2 nitrogen and oxygen atoms in total. The summed E-state index contributed by atoms with van der Waals surface area (Å²) in [6, 6.07) is 10.8. The van der Waals surface area contributed by atoms with Crippen LogP contribution in [0.4, 0.5) is 0 Å². The number of benzene rings is 2. The minimum atomic E-state index is -0.608. The van der Waals surface area contributed by atoms with Crippen LogP contribution in [-0.4, -0.2) is 5.11 Å². The standard InChI is InChI=1S/C15H13BrCl2O2/c1-9(19)13-6-11(16)3-5-15(13)20-8-10-2-4-12(17)7-14(10)18/h2-7,9,19H,8H2,1H3/t9-/m0/s1. The van der Waals surface area contributed by atoms with Crippen molar-refractivity contribution in [3.05, 3.63) is 62.0 Å². The third-order valence-corrected chi connectivity index (χ3v) is 3.90. The van der Waals surface area contributed by atoms with E-state index in [2.05, 4.69) is 15.9 Å². The summed E-state index contributed by atoms with van der Waals surface area (Å²) in [6.45, 7) is 2.02. The van der Waals surface area contributed by atoms with E-state index in [0.717, 1.165) is 15.6 Å². The molecule has 0 fully saturated rings. The molecule has 0 radical (unpaired) electrons. The summed E-state index contributed by atoms with van der Waals surface area (Å²) in [7, 11) is 0. The van der Waals surface area contributed by atoms with Gasteiger partial charge in [-0.2, -0.15) is 0 Å². The maximum absolute atomic E-state index is 9.77. The van der Waals surface area contributed by atoms with E-state index in [4.69, 9.17) is 27.9 Å². The second-order valence-electron chi connectivity index (χ2n) is 4.38. The first-order valence-corrected chi connectivity index (χ1v) is 7.56. The van der Waals surface area contributed by atoms with Crippen molar-refractivity contribution in [1.82, 2.24) is 0 Å². The minimum absolute atomic E-state index is 0.317. The van der Waals surface area contributed by atoms with Gasteiger partial charge in [0.2, 0.25) is 0 Å². The Bertz CT molecular complexity index is 615. The molecule has 0 amide bonds. The van der Waals surface area contributed by atoms with E-state index in [1.54, 1.807) is 19.1 Å². The Hall–Kier alpha value is -0.740. The van der Waals surface area contributed by atoms with E-state index >= 15 is 0 Å². The van der Waals surface area contributed by atoms with Crippen molar-refractivity contribution in [3.63, 3.8) is 0 Å². The number of hydrogen-bond acceptors (Lipinski definition) is 2. The van der Waals surface area contributed by atoms with Crippen LogP contribution in [0.25, 0.3) is 0 Å². The van der Waals surface area contributed by atoms with Crippen LogP contribution in [0.2, 0.25) is 10.0 Å². The zero-order valence-electron chi connectivity index (χ0n) is 10.7. The van der Waals surface area contributed by atoms with Crippen molar-refractivity contribution in [3.8, 4) is 5.75 Å². The van der Waals surface area contributed by atoms with Crippen LogP contribution in [0.1, 0.15) is 24.2 Å². The van der Waals surface area contributed by atoms with Gasteiger partial charge in [-0.1, -0.05) is 45.2 Å². The topological polar surface area (TPSA) is 29.5 Å². The molecule has 0 aliphatic heterocycles. The van der Waals surface area contributed by atoms with Crippen LogP contribution in [0, 0.1) is 0 Å². The maximum Gasteiger partial charge on any atom is 0.125 e. The Morgan fingerprint density at radius 1 is 1.20 bits per heavy atom. The van der Waals surface area contributed by atoms with Gasteiger partial charge in [0.25, 0.3) is 0 Å². The summed E-state index contributed by atoms with van der Waals surface area (Å²) in [6.07, 6.45) is -0.608. The highest BCUT2D eigenvalue weighted by Crippen LogP contribution is 2.30. The van der Waals surface area contributed by atoms with E-state index in [-0.39, 0.29) is 0 Å². The Morgan fingerprint density at radius 3 is 2.60 bits per heavy atom. The first kappa shape index (κ1) is 15.6. The van der Waals surface area contributed by atoms with Crippen LogP contribution in [0.3, 0.4) is 0 Å². The molecule has 1 N–H and O–H groups in total. The second-order valence-corrected chi connectivity index (χ2v) is 6.14. The van der Waals surface area contributed by atoms with Gasteiger partial charge in [-0.15, -0.1) is 0 Å². The van der Waals surface area contributed by atoms with Gasteiger partial charge >= 0.3 is 0 Å². The molecule has 2 aromatic carbocycles. The largest absolute Gasteiger partial charge is 0.488 e. The average Bonchev–Trinajstić information content (AvgIpc) is 2.38. The molecule has 0 saturated carbocycles. The van der Waals surface area contributed by atoms with Crippen LogP contribution >= 0.6 is 39.1 Å². The van der Waals surface area contributed by atoms with E-state index in [9.17, 15) is 5.11 Å². The Morgan fingerprint density at radius 2 is 1.95 bits per heavy atom. The fraction of sp³-hybridized carbons (Fsp3) is 0.200. The van der Waals surface area contributed by atoms with Gasteiger partial charge in [0.05, 0.1) is 6.10 Å². The van der Waals surface area contributed by atoms with E-state index in [1.165, 1.54) is 0 Å². The number of hydrogen-bond donors (Lipinski definition) is 1. The van der Waals surface area contributed by atoms with Crippen LogP contribution in [0.5, 0.6) is 5.75 Å². The second kappa shape index (κ2) is 6.81. The lowest BCUT2D eigenvalue weighted by Crippen LogP contribution is -2.01. The van der Waals surface area contributed by atoms with Gasteiger partial charge in [0.1, 0.15) is 12.4 Å². The van der Waals surface area contributed by atoms with Crippen molar-refractivity contribution in [2.24, 2.45) is 0 Å². The molecule has 0 heterocycles. The molecular weight excluding hydrogens is 363 g/mol. The maximum atomic E-state index is 9.77. The third-order valence-electron chi connectivity index (χ3n) is 2.82. The monoisotopic (exact) mass is 374 g/mol. The van der Waals surface area contributed by atoms with Crippen molar-refractivity contribution in [1.29, 1.82) is 0 Å². The smallest absolute Gasteiger partial charge is 0.125 e. The summed E-state index contributed by atoms with van der Waals surface area (Å²) in [5.74, 6) is 0.634. The summed E-state index contributed by atoms with van der Waals surface area (Å²) in [5.41, 5.74) is 1.57. The molecule has 0 saturated heterocycles. The zero-order chi connectivity index (χ0) is 14.7. The normalized spacial score (nSPS) is 12.2. The van der Waals surface area contributed by atoms with Gasteiger partial charge < -0.3 is 9.84 Å². The van der Waals surface area contributed by atoms with Gasteiger partial charge in [0.15, 0.2) is 0 Å². The van der Waals surface area contributed by atoms with Crippen molar-refractivity contribution in [2.75, 3.05) is 0 Å². The lowest BCUT2D eigenvalue weighted by Gasteiger charge is -2.14. The van der Waals surface area contributed by atoms with E-state index in [1.807, 2.05) is 24.3 Å². The highest BCUT2D eigenvalue weighted by atomic mass is 79.9. The van der Waals surface area contributed by atoms with Gasteiger partial charge in [0, 0.05) is 25.6 Å². The molecule has 0 unspecified atom stereocenters. The Labute approximate surface area is 136 Å². The predicted octanol–water partition coefficient (Wildman–Crippen LogP) is 5.39. The molecule has 0 bridgehead atoms. The Balaban J connectivity index is 2.18. The zero-order valence-corrected chi connectivity index (χ0v) is 13.8. The number of rotatable bonds is 4. The molecule has 0 aliphatic rings. The molecular formula is C15H13BrCl2O2. The summed E-state index contributed by atoms with van der Waals surface area (Å²) in [5, 5.41) is 10.9. The third kappa shape index (κ3) is 3.89. The first-order valence-electron chi connectivity index (χ1n) is 6.01. The minimum Gasteiger partial charge on any atom is -0.488 e. The van der Waals surface area contributed by atoms with Gasteiger partial charge in [-0.25, -0.2) is 0 Å². The first-order chi connectivity index (χ1) is 9.47. The van der Waals surface area contributed by atoms with Gasteiger partial charge in [-0.3, -0.25) is 0 Å². The van der Waals surface area contributed by atoms with Crippen molar-refractivity contribution < 1.29 is 9.84 Å². The van der Waals surface area contributed by atoms with E-state index < -0.39 is 6.10 Å². The summed E-state index contributed by atoms with van der Waals surface area (Å²) in [4.78, 5) is 0. The predicted molar refractivity (Wildman–Crippen MR) is 85.6 cm³/mol. The molecule has 2 rings (SSSR count). The molecule has 5 heteroatoms. The molecule has 1 atom stereocenters. The van der Waals surface area contributed by atoms with E-state index in [0.29, 0.717) is 22.4 Å². The molecule has 0 aliphatic carbocycles. The average molecular weight is 376 g/mol. The fourth-order valence-corrected chi connectivity index (χ4v) is 2.61. The Kier molecular flexibility index (Phi) is 5.33. The molecule has 2 aromatic rings. The highest BCUT2D eigenvalue weighted by Gasteiger charge is 2.11.